The minimum atomic E-state index is -0.229. The zero-order valence-corrected chi connectivity index (χ0v) is 16.7. The smallest absolute Gasteiger partial charge is 0.230 e. The van der Waals surface area contributed by atoms with Crippen molar-refractivity contribution in [3.8, 4) is 33.8 Å². The van der Waals surface area contributed by atoms with Crippen molar-refractivity contribution in [2.75, 3.05) is 14.2 Å². The third kappa shape index (κ3) is 3.78. The van der Waals surface area contributed by atoms with Crippen LogP contribution < -0.4 is 9.47 Å². The molecule has 4 aromatic rings. The van der Waals surface area contributed by atoms with Gasteiger partial charge in [0.25, 0.3) is 0 Å². The van der Waals surface area contributed by atoms with Crippen LogP contribution in [0, 0.1) is 0 Å². The monoisotopic (exact) mass is 396 g/mol. The number of nitrogens with zero attached hydrogens (tertiary/aromatic N) is 2. The van der Waals surface area contributed by atoms with E-state index in [1.807, 2.05) is 72.8 Å². The highest BCUT2D eigenvalue weighted by molar-refractivity contribution is 6.13. The maximum atomic E-state index is 13.5. The Labute approximate surface area is 175 Å². The Balaban J connectivity index is 1.77. The van der Waals surface area contributed by atoms with Crippen molar-refractivity contribution < 1.29 is 14.3 Å². The van der Waals surface area contributed by atoms with Crippen molar-refractivity contribution >= 4 is 5.78 Å². The molecule has 0 aliphatic rings. The lowest BCUT2D eigenvalue weighted by Crippen LogP contribution is -2.10. The molecule has 0 aliphatic heterocycles. The maximum absolute atomic E-state index is 13.5. The molecule has 0 radical (unpaired) electrons. The molecular formula is C25H20N2O3. The van der Waals surface area contributed by atoms with E-state index >= 15 is 0 Å². The number of hydrogen-bond acceptors (Lipinski definition) is 5. The Morgan fingerprint density at radius 3 is 1.40 bits per heavy atom. The second-order valence-electron chi connectivity index (χ2n) is 6.59. The average molecular weight is 396 g/mol. The highest BCUT2D eigenvalue weighted by Gasteiger charge is 2.21. The van der Waals surface area contributed by atoms with Crippen molar-refractivity contribution in [2.45, 2.75) is 0 Å². The molecule has 5 heteroatoms. The predicted molar refractivity (Wildman–Crippen MR) is 116 cm³/mol. The molecule has 0 fully saturated rings. The Morgan fingerprint density at radius 1 is 0.633 bits per heavy atom. The first-order chi connectivity index (χ1) is 14.7. The summed E-state index contributed by atoms with van der Waals surface area (Å²) in [5.74, 6) is 1.27. The molecule has 2 aromatic heterocycles. The van der Waals surface area contributed by atoms with Gasteiger partial charge in [-0.3, -0.25) is 14.8 Å². The van der Waals surface area contributed by atoms with Gasteiger partial charge in [0.2, 0.25) is 5.78 Å². The SMILES string of the molecule is COc1ccc(-c2cccnc2C(=O)c2ncccc2-c2ccc(OC)cc2)cc1. The molecule has 0 spiro atoms. The number of rotatable bonds is 6. The zero-order chi connectivity index (χ0) is 20.9. The molecule has 30 heavy (non-hydrogen) atoms. The summed E-state index contributed by atoms with van der Waals surface area (Å²) in [5, 5.41) is 0. The molecule has 2 heterocycles. The summed E-state index contributed by atoms with van der Waals surface area (Å²) in [6.45, 7) is 0. The lowest BCUT2D eigenvalue weighted by molar-refractivity contribution is 0.103. The normalized spacial score (nSPS) is 10.5. The molecular weight excluding hydrogens is 376 g/mol. The summed E-state index contributed by atoms with van der Waals surface area (Å²) >= 11 is 0. The number of benzene rings is 2. The van der Waals surface area contributed by atoms with Crippen molar-refractivity contribution in [3.63, 3.8) is 0 Å². The molecule has 148 valence electrons. The molecule has 0 saturated carbocycles. The third-order valence-corrected chi connectivity index (χ3v) is 4.85. The van der Waals surface area contributed by atoms with Crippen LogP contribution in [0.4, 0.5) is 0 Å². The molecule has 0 aliphatic carbocycles. The van der Waals surface area contributed by atoms with Crippen LogP contribution in [0.3, 0.4) is 0 Å². The number of carbonyl (C=O) groups is 1. The number of ketones is 1. The summed E-state index contributed by atoms with van der Waals surface area (Å²) in [4.78, 5) is 22.3. The average Bonchev–Trinajstić information content (AvgIpc) is 2.84. The Morgan fingerprint density at radius 2 is 1.03 bits per heavy atom. The lowest BCUT2D eigenvalue weighted by atomic mass is 9.96. The lowest BCUT2D eigenvalue weighted by Gasteiger charge is -2.11. The molecule has 5 nitrogen and oxygen atoms in total. The molecule has 0 amide bonds. The van der Waals surface area contributed by atoms with Crippen molar-refractivity contribution in [1.29, 1.82) is 0 Å². The first kappa shape index (κ1) is 19.3. The minimum absolute atomic E-state index is 0.229. The van der Waals surface area contributed by atoms with Crippen molar-refractivity contribution in [3.05, 3.63) is 96.6 Å². The van der Waals surface area contributed by atoms with E-state index in [0.717, 1.165) is 33.8 Å². The zero-order valence-electron chi connectivity index (χ0n) is 16.7. The largest absolute Gasteiger partial charge is 0.497 e. The summed E-state index contributed by atoms with van der Waals surface area (Å²) in [6.07, 6.45) is 3.24. The quantitative estimate of drug-likeness (QED) is 0.426. The molecule has 0 atom stereocenters. The van der Waals surface area contributed by atoms with E-state index in [-0.39, 0.29) is 5.78 Å². The van der Waals surface area contributed by atoms with E-state index in [1.54, 1.807) is 26.6 Å². The van der Waals surface area contributed by atoms with Gasteiger partial charge in [-0.1, -0.05) is 36.4 Å². The van der Waals surface area contributed by atoms with Gasteiger partial charge in [-0.2, -0.15) is 0 Å². The standard InChI is InChI=1S/C25H20N2O3/c1-29-19-11-7-17(8-12-19)21-5-3-15-26-23(21)25(28)24-22(6-4-16-27-24)18-9-13-20(30-2)14-10-18/h3-16H,1-2H3. The van der Waals surface area contributed by atoms with E-state index in [2.05, 4.69) is 9.97 Å². The van der Waals surface area contributed by atoms with Gasteiger partial charge in [0.1, 0.15) is 22.9 Å². The first-order valence-corrected chi connectivity index (χ1v) is 9.45. The fourth-order valence-electron chi connectivity index (χ4n) is 3.29. The topological polar surface area (TPSA) is 61.3 Å². The number of hydrogen-bond donors (Lipinski definition) is 0. The Kier molecular flexibility index (Phi) is 5.52. The third-order valence-electron chi connectivity index (χ3n) is 4.85. The summed E-state index contributed by atoms with van der Waals surface area (Å²) < 4.78 is 10.5. The minimum Gasteiger partial charge on any atom is -0.497 e. The fourth-order valence-corrected chi connectivity index (χ4v) is 3.29. The first-order valence-electron chi connectivity index (χ1n) is 9.45. The number of carbonyl (C=O) groups excluding carboxylic acids is 1. The van der Waals surface area contributed by atoms with Crippen LogP contribution in [0.2, 0.25) is 0 Å². The van der Waals surface area contributed by atoms with Crippen LogP contribution in [0.5, 0.6) is 11.5 Å². The van der Waals surface area contributed by atoms with E-state index in [9.17, 15) is 4.79 Å². The van der Waals surface area contributed by atoms with Crippen LogP contribution in [0.15, 0.2) is 85.2 Å². The Hall–Kier alpha value is -3.99. The van der Waals surface area contributed by atoms with Crippen molar-refractivity contribution in [1.82, 2.24) is 9.97 Å². The molecule has 4 rings (SSSR count). The van der Waals surface area contributed by atoms with Gasteiger partial charge in [0.15, 0.2) is 0 Å². The summed E-state index contributed by atoms with van der Waals surface area (Å²) in [7, 11) is 3.24. The fraction of sp³-hybridized carbons (Fsp3) is 0.0800. The number of methoxy groups -OCH3 is 2. The number of pyridine rings is 2. The van der Waals surface area contributed by atoms with Crippen LogP contribution in [-0.2, 0) is 0 Å². The van der Waals surface area contributed by atoms with Gasteiger partial charge in [-0.05, 0) is 47.5 Å². The Bertz CT molecular complexity index is 1080. The van der Waals surface area contributed by atoms with Crippen LogP contribution in [0.1, 0.15) is 16.2 Å². The summed E-state index contributed by atoms with van der Waals surface area (Å²) in [6, 6.07) is 22.5. The van der Waals surface area contributed by atoms with E-state index in [0.29, 0.717) is 11.4 Å². The van der Waals surface area contributed by atoms with Gasteiger partial charge in [0, 0.05) is 23.5 Å². The van der Waals surface area contributed by atoms with E-state index < -0.39 is 0 Å². The molecule has 0 bridgehead atoms. The van der Waals surface area contributed by atoms with Gasteiger partial charge >= 0.3 is 0 Å². The highest BCUT2D eigenvalue weighted by Crippen LogP contribution is 2.29. The van der Waals surface area contributed by atoms with Gasteiger partial charge in [0.05, 0.1) is 14.2 Å². The maximum Gasteiger partial charge on any atom is 0.230 e. The second kappa shape index (κ2) is 8.57. The van der Waals surface area contributed by atoms with Crippen molar-refractivity contribution in [2.24, 2.45) is 0 Å². The van der Waals surface area contributed by atoms with E-state index in [1.165, 1.54) is 0 Å². The summed E-state index contributed by atoms with van der Waals surface area (Å²) in [5.41, 5.74) is 3.98. The van der Waals surface area contributed by atoms with Gasteiger partial charge in [-0.15, -0.1) is 0 Å². The van der Waals surface area contributed by atoms with Gasteiger partial charge < -0.3 is 9.47 Å². The van der Waals surface area contributed by atoms with Gasteiger partial charge in [-0.25, -0.2) is 0 Å². The second-order valence-corrected chi connectivity index (χ2v) is 6.59. The number of ether oxygens (including phenoxy) is 2. The number of aromatic nitrogens is 2. The molecule has 0 N–H and O–H groups in total. The van der Waals surface area contributed by atoms with E-state index in [4.69, 9.17) is 9.47 Å². The molecule has 0 unspecified atom stereocenters. The molecule has 2 aromatic carbocycles. The van der Waals surface area contributed by atoms with Crippen LogP contribution in [0.25, 0.3) is 22.3 Å². The highest BCUT2D eigenvalue weighted by atomic mass is 16.5. The predicted octanol–water partition coefficient (Wildman–Crippen LogP) is 5.06. The van der Waals surface area contributed by atoms with Crippen LogP contribution in [-0.4, -0.2) is 30.0 Å². The molecule has 0 saturated heterocycles. The van der Waals surface area contributed by atoms with Crippen LogP contribution >= 0.6 is 0 Å².